The standard InChI is InChI=1S/C23H27N5O3.HI/c1-4-24-23(25-13-17-10-11-21(30-3)20(12-17)27-16(2)29)26-14-19-15-31-22(28-19)18-8-6-5-7-9-18;/h5-12,15H,4,13-14H2,1-3H3,(H,27,29)(H2,24,25,26);1H. The molecule has 1 amide bonds. The summed E-state index contributed by atoms with van der Waals surface area (Å²) in [5, 5.41) is 9.26. The van der Waals surface area contributed by atoms with Gasteiger partial charge in [-0.25, -0.2) is 9.98 Å². The van der Waals surface area contributed by atoms with Gasteiger partial charge in [-0.2, -0.15) is 0 Å². The Labute approximate surface area is 204 Å². The number of aliphatic imine (C=N–C) groups is 1. The Morgan fingerprint density at radius 1 is 1.16 bits per heavy atom. The number of carbonyl (C=O) groups is 1. The molecule has 0 saturated carbocycles. The minimum Gasteiger partial charge on any atom is -0.495 e. The number of nitrogens with one attached hydrogen (secondary N) is 3. The number of nitrogens with zero attached hydrogens (tertiary/aromatic N) is 2. The number of amides is 1. The molecule has 0 atom stereocenters. The van der Waals surface area contributed by atoms with Crippen molar-refractivity contribution in [3.63, 3.8) is 0 Å². The lowest BCUT2D eigenvalue weighted by Crippen LogP contribution is -2.36. The van der Waals surface area contributed by atoms with Crippen LogP contribution in [0.1, 0.15) is 25.1 Å². The van der Waals surface area contributed by atoms with Crippen LogP contribution in [0.25, 0.3) is 11.5 Å². The summed E-state index contributed by atoms with van der Waals surface area (Å²) in [5.74, 6) is 1.69. The molecule has 0 radical (unpaired) electrons. The van der Waals surface area contributed by atoms with E-state index in [4.69, 9.17) is 9.15 Å². The van der Waals surface area contributed by atoms with E-state index in [1.807, 2.05) is 55.5 Å². The highest BCUT2D eigenvalue weighted by Crippen LogP contribution is 2.25. The number of carbonyl (C=O) groups excluding carboxylic acids is 1. The van der Waals surface area contributed by atoms with Gasteiger partial charge >= 0.3 is 0 Å². The molecule has 2 aromatic carbocycles. The van der Waals surface area contributed by atoms with E-state index >= 15 is 0 Å². The van der Waals surface area contributed by atoms with E-state index in [1.165, 1.54) is 6.92 Å². The van der Waals surface area contributed by atoms with Gasteiger partial charge < -0.3 is 25.1 Å². The van der Waals surface area contributed by atoms with Crippen molar-refractivity contribution < 1.29 is 13.9 Å². The van der Waals surface area contributed by atoms with Crippen molar-refractivity contribution in [2.45, 2.75) is 26.9 Å². The molecule has 3 rings (SSSR count). The van der Waals surface area contributed by atoms with Crippen molar-refractivity contribution in [2.75, 3.05) is 19.0 Å². The zero-order valence-corrected chi connectivity index (χ0v) is 20.7. The number of benzene rings is 2. The highest BCUT2D eigenvalue weighted by Gasteiger charge is 2.08. The summed E-state index contributed by atoms with van der Waals surface area (Å²) in [5.41, 5.74) is 3.27. The Kier molecular flexibility index (Phi) is 9.99. The molecule has 0 fully saturated rings. The zero-order chi connectivity index (χ0) is 22.1. The van der Waals surface area contributed by atoms with Gasteiger partial charge in [-0.05, 0) is 36.8 Å². The molecule has 0 bridgehead atoms. The third-order valence-corrected chi connectivity index (χ3v) is 4.35. The van der Waals surface area contributed by atoms with Crippen LogP contribution in [-0.2, 0) is 17.9 Å². The predicted molar refractivity (Wildman–Crippen MR) is 136 cm³/mol. The van der Waals surface area contributed by atoms with Crippen molar-refractivity contribution in [1.82, 2.24) is 15.6 Å². The fourth-order valence-electron chi connectivity index (χ4n) is 2.93. The van der Waals surface area contributed by atoms with Gasteiger partial charge in [0.05, 0.1) is 31.6 Å². The van der Waals surface area contributed by atoms with Crippen LogP contribution >= 0.6 is 24.0 Å². The van der Waals surface area contributed by atoms with E-state index < -0.39 is 0 Å². The minimum atomic E-state index is -0.156. The number of guanidine groups is 1. The summed E-state index contributed by atoms with van der Waals surface area (Å²) in [4.78, 5) is 20.6. The van der Waals surface area contributed by atoms with Crippen LogP contribution in [0.5, 0.6) is 5.75 Å². The molecule has 3 aromatic rings. The molecule has 0 saturated heterocycles. The lowest BCUT2D eigenvalue weighted by Gasteiger charge is -2.12. The van der Waals surface area contributed by atoms with E-state index in [0.717, 1.165) is 23.4 Å². The second kappa shape index (κ2) is 12.7. The first-order valence-corrected chi connectivity index (χ1v) is 10.1. The summed E-state index contributed by atoms with van der Waals surface area (Å²) in [7, 11) is 1.57. The molecule has 0 aliphatic carbocycles. The van der Waals surface area contributed by atoms with Gasteiger partial charge in [-0.1, -0.05) is 24.3 Å². The molecule has 3 N–H and O–H groups in total. The van der Waals surface area contributed by atoms with Crippen molar-refractivity contribution in [3.05, 3.63) is 66.1 Å². The predicted octanol–water partition coefficient (Wildman–Crippen LogP) is 4.18. The maximum absolute atomic E-state index is 11.4. The maximum atomic E-state index is 11.4. The van der Waals surface area contributed by atoms with E-state index in [2.05, 4.69) is 25.9 Å². The van der Waals surface area contributed by atoms with Gasteiger partial charge in [0.1, 0.15) is 12.0 Å². The lowest BCUT2D eigenvalue weighted by molar-refractivity contribution is -0.114. The fraction of sp³-hybridized carbons (Fsp3) is 0.261. The number of halogens is 1. The van der Waals surface area contributed by atoms with Crippen LogP contribution in [0.3, 0.4) is 0 Å². The van der Waals surface area contributed by atoms with Gasteiger partial charge in [0.2, 0.25) is 11.8 Å². The molecule has 8 nitrogen and oxygen atoms in total. The first-order chi connectivity index (χ1) is 15.1. The molecular formula is C23H28IN5O3. The normalized spacial score (nSPS) is 10.8. The fourth-order valence-corrected chi connectivity index (χ4v) is 2.93. The molecule has 32 heavy (non-hydrogen) atoms. The number of aromatic nitrogens is 1. The van der Waals surface area contributed by atoms with Gasteiger partial charge in [0, 0.05) is 19.0 Å². The second-order valence-electron chi connectivity index (χ2n) is 6.77. The summed E-state index contributed by atoms with van der Waals surface area (Å²) in [6.07, 6.45) is 1.64. The van der Waals surface area contributed by atoms with Crippen LogP contribution < -0.4 is 20.7 Å². The van der Waals surface area contributed by atoms with Crippen molar-refractivity contribution in [1.29, 1.82) is 0 Å². The Morgan fingerprint density at radius 2 is 1.94 bits per heavy atom. The molecule has 0 unspecified atom stereocenters. The van der Waals surface area contributed by atoms with E-state index in [9.17, 15) is 4.79 Å². The third-order valence-electron chi connectivity index (χ3n) is 4.35. The van der Waals surface area contributed by atoms with Crippen LogP contribution in [0.2, 0.25) is 0 Å². The van der Waals surface area contributed by atoms with Gasteiger partial charge in [0.25, 0.3) is 0 Å². The van der Waals surface area contributed by atoms with Crippen LogP contribution in [0.4, 0.5) is 5.69 Å². The second-order valence-corrected chi connectivity index (χ2v) is 6.77. The van der Waals surface area contributed by atoms with Crippen LogP contribution in [-0.4, -0.2) is 30.5 Å². The Balaban J connectivity index is 0.00000363. The highest BCUT2D eigenvalue weighted by atomic mass is 127. The van der Waals surface area contributed by atoms with Gasteiger partial charge in [0.15, 0.2) is 5.96 Å². The Morgan fingerprint density at radius 3 is 2.62 bits per heavy atom. The first kappa shape index (κ1) is 25.2. The van der Waals surface area contributed by atoms with Gasteiger partial charge in [-0.15, -0.1) is 24.0 Å². The highest BCUT2D eigenvalue weighted by molar-refractivity contribution is 14.0. The van der Waals surface area contributed by atoms with Crippen LogP contribution in [0.15, 0.2) is 64.2 Å². The molecule has 0 spiro atoms. The molecule has 0 aliphatic rings. The summed E-state index contributed by atoms with van der Waals surface area (Å²) in [6, 6.07) is 15.4. The number of hydrogen-bond acceptors (Lipinski definition) is 5. The SMILES string of the molecule is CCNC(=NCc1ccc(OC)c(NC(C)=O)c1)NCc1coc(-c2ccccc2)n1.I. The molecule has 170 valence electrons. The maximum Gasteiger partial charge on any atom is 0.226 e. The zero-order valence-electron chi connectivity index (χ0n) is 18.3. The van der Waals surface area contributed by atoms with Crippen LogP contribution in [0, 0.1) is 0 Å². The number of rotatable bonds is 8. The lowest BCUT2D eigenvalue weighted by atomic mass is 10.2. The molecule has 9 heteroatoms. The molecular weight excluding hydrogens is 521 g/mol. The number of anilines is 1. The summed E-state index contributed by atoms with van der Waals surface area (Å²) in [6.45, 7) is 5.09. The first-order valence-electron chi connectivity index (χ1n) is 10.1. The Bertz CT molecular complexity index is 1040. The van der Waals surface area contributed by atoms with E-state index in [-0.39, 0.29) is 29.9 Å². The molecule has 1 heterocycles. The quantitative estimate of drug-likeness (QED) is 0.222. The smallest absolute Gasteiger partial charge is 0.226 e. The minimum absolute atomic E-state index is 0. The third kappa shape index (κ3) is 7.26. The van der Waals surface area contributed by atoms with Crippen molar-refractivity contribution in [2.24, 2.45) is 4.99 Å². The van der Waals surface area contributed by atoms with Crippen molar-refractivity contribution in [3.8, 4) is 17.2 Å². The van der Waals surface area contributed by atoms with Gasteiger partial charge in [-0.3, -0.25) is 4.79 Å². The van der Waals surface area contributed by atoms with E-state index in [1.54, 1.807) is 13.4 Å². The number of ether oxygens (including phenoxy) is 1. The van der Waals surface area contributed by atoms with E-state index in [0.29, 0.717) is 36.4 Å². The number of hydrogen-bond donors (Lipinski definition) is 3. The molecule has 1 aromatic heterocycles. The topological polar surface area (TPSA) is 101 Å². The largest absolute Gasteiger partial charge is 0.495 e. The Hall–Kier alpha value is -3.08. The summed E-state index contributed by atoms with van der Waals surface area (Å²) < 4.78 is 10.9. The monoisotopic (exact) mass is 549 g/mol. The average molecular weight is 549 g/mol. The molecule has 0 aliphatic heterocycles. The summed E-state index contributed by atoms with van der Waals surface area (Å²) >= 11 is 0. The average Bonchev–Trinajstić information content (AvgIpc) is 3.25. The number of oxazole rings is 1. The number of methoxy groups -OCH3 is 1. The van der Waals surface area contributed by atoms with Crippen molar-refractivity contribution >= 4 is 41.5 Å².